The molecule has 0 bridgehead atoms. The number of nitrogens with two attached hydrogens (primary N) is 1. The molecule has 100 valence electrons. The molecular weight excluding hydrogens is 240 g/mol. The molecule has 2 aromatic heterocycles. The number of H-pyrrole nitrogens is 1. The third-order valence-corrected chi connectivity index (χ3v) is 3.01. The number of nitrogens with zero attached hydrogens (tertiary/aromatic N) is 2. The third kappa shape index (κ3) is 3.58. The molecule has 0 saturated carbocycles. The lowest BCUT2D eigenvalue weighted by Crippen LogP contribution is -2.26. The maximum Gasteiger partial charge on any atom is 0.227 e. The van der Waals surface area contributed by atoms with Crippen molar-refractivity contribution in [2.45, 2.75) is 19.3 Å². The van der Waals surface area contributed by atoms with E-state index < -0.39 is 0 Å². The summed E-state index contributed by atoms with van der Waals surface area (Å²) < 4.78 is 0. The Morgan fingerprint density at radius 3 is 2.89 bits per heavy atom. The Bertz CT molecular complexity index is 519. The average Bonchev–Trinajstić information content (AvgIpc) is 2.92. The maximum atomic E-state index is 12.0. The number of rotatable bonds is 5. The van der Waals surface area contributed by atoms with Crippen LogP contribution in [0.3, 0.4) is 0 Å². The highest BCUT2D eigenvalue weighted by Crippen LogP contribution is 2.13. The van der Waals surface area contributed by atoms with E-state index in [4.69, 9.17) is 5.73 Å². The molecular formula is C14H18N4O. The van der Waals surface area contributed by atoms with Gasteiger partial charge in [-0.3, -0.25) is 9.69 Å². The molecule has 1 amide bonds. The molecule has 0 saturated heterocycles. The molecule has 0 unspecified atom stereocenters. The van der Waals surface area contributed by atoms with Gasteiger partial charge in [0.25, 0.3) is 0 Å². The van der Waals surface area contributed by atoms with E-state index >= 15 is 0 Å². The molecule has 5 heteroatoms. The van der Waals surface area contributed by atoms with Crippen LogP contribution in [-0.4, -0.2) is 22.9 Å². The summed E-state index contributed by atoms with van der Waals surface area (Å²) in [5, 5.41) is 0. The Hall–Kier alpha value is -2.30. The smallest absolute Gasteiger partial charge is 0.227 e. The van der Waals surface area contributed by atoms with Crippen molar-refractivity contribution in [3.63, 3.8) is 0 Å². The molecule has 0 radical (unpaired) electrons. The minimum atomic E-state index is 0.0628. The van der Waals surface area contributed by atoms with Gasteiger partial charge in [0.05, 0.1) is 11.9 Å². The Balaban J connectivity index is 1.83. The van der Waals surface area contributed by atoms with Crippen molar-refractivity contribution in [1.82, 2.24) is 9.97 Å². The van der Waals surface area contributed by atoms with E-state index in [2.05, 4.69) is 9.97 Å². The fourth-order valence-electron chi connectivity index (χ4n) is 1.85. The summed E-state index contributed by atoms with van der Waals surface area (Å²) in [5.41, 5.74) is 7.39. The van der Waals surface area contributed by atoms with E-state index in [0.29, 0.717) is 17.9 Å². The van der Waals surface area contributed by atoms with E-state index in [1.165, 1.54) is 5.56 Å². The van der Waals surface area contributed by atoms with Gasteiger partial charge < -0.3 is 10.7 Å². The summed E-state index contributed by atoms with van der Waals surface area (Å²) in [5.74, 6) is 0.689. The first kappa shape index (κ1) is 13.1. The van der Waals surface area contributed by atoms with Gasteiger partial charge in [0.15, 0.2) is 0 Å². The van der Waals surface area contributed by atoms with Crippen molar-refractivity contribution < 1.29 is 4.79 Å². The lowest BCUT2D eigenvalue weighted by Gasteiger charge is -2.16. The van der Waals surface area contributed by atoms with Crippen LogP contribution in [0.2, 0.25) is 0 Å². The predicted octanol–water partition coefficient (Wildman–Crippen LogP) is 1.98. The molecule has 19 heavy (non-hydrogen) atoms. The summed E-state index contributed by atoms with van der Waals surface area (Å²) in [6.07, 6.45) is 7.64. The second-order valence-corrected chi connectivity index (χ2v) is 4.48. The molecule has 0 aliphatic rings. The van der Waals surface area contributed by atoms with Crippen molar-refractivity contribution >= 4 is 17.4 Å². The monoisotopic (exact) mass is 258 g/mol. The Morgan fingerprint density at radius 1 is 1.42 bits per heavy atom. The zero-order valence-electron chi connectivity index (χ0n) is 11.0. The molecule has 0 aromatic carbocycles. The van der Waals surface area contributed by atoms with Gasteiger partial charge in [0, 0.05) is 25.9 Å². The van der Waals surface area contributed by atoms with Crippen LogP contribution in [0.4, 0.5) is 11.5 Å². The number of carbonyl (C=O) groups excluding carboxylic acids is 1. The summed E-state index contributed by atoms with van der Waals surface area (Å²) in [4.78, 5) is 20.7. The number of hydrogen-bond donors (Lipinski definition) is 2. The Labute approximate surface area is 112 Å². The fourth-order valence-corrected chi connectivity index (χ4v) is 1.85. The summed E-state index contributed by atoms with van der Waals surface area (Å²) in [6.45, 7) is 0. The Morgan fingerprint density at radius 2 is 2.26 bits per heavy atom. The summed E-state index contributed by atoms with van der Waals surface area (Å²) in [6, 6.07) is 5.51. The van der Waals surface area contributed by atoms with E-state index in [0.717, 1.165) is 12.8 Å². The van der Waals surface area contributed by atoms with Gasteiger partial charge >= 0.3 is 0 Å². The third-order valence-electron chi connectivity index (χ3n) is 3.01. The van der Waals surface area contributed by atoms with Crippen LogP contribution in [0.1, 0.15) is 18.4 Å². The van der Waals surface area contributed by atoms with Crippen LogP contribution < -0.4 is 10.6 Å². The number of hydrogen-bond acceptors (Lipinski definition) is 3. The predicted molar refractivity (Wildman–Crippen MR) is 75.8 cm³/mol. The van der Waals surface area contributed by atoms with Gasteiger partial charge in [0.2, 0.25) is 5.91 Å². The molecule has 2 heterocycles. The van der Waals surface area contributed by atoms with Gasteiger partial charge in [-0.25, -0.2) is 4.98 Å². The number of nitrogen functional groups attached to an aromatic ring is 1. The molecule has 0 fully saturated rings. The molecule has 2 rings (SSSR count). The van der Waals surface area contributed by atoms with Crippen molar-refractivity contribution in [1.29, 1.82) is 0 Å². The zero-order chi connectivity index (χ0) is 13.7. The highest BCUT2D eigenvalue weighted by molar-refractivity contribution is 5.91. The molecule has 3 N–H and O–H groups in total. The molecule has 2 aromatic rings. The first-order valence-corrected chi connectivity index (χ1v) is 6.26. The number of aryl methyl sites for hydroxylation is 1. The first-order valence-electron chi connectivity index (χ1n) is 6.26. The highest BCUT2D eigenvalue weighted by Gasteiger charge is 2.11. The minimum Gasteiger partial charge on any atom is -0.397 e. The lowest BCUT2D eigenvalue weighted by molar-refractivity contribution is -0.118. The number of nitrogens with one attached hydrogen (secondary N) is 1. The van der Waals surface area contributed by atoms with Crippen LogP contribution in [0, 0.1) is 0 Å². The number of aromatic nitrogens is 2. The van der Waals surface area contributed by atoms with Crippen molar-refractivity contribution in [2.75, 3.05) is 17.7 Å². The topological polar surface area (TPSA) is 75.0 Å². The molecule has 0 atom stereocenters. The van der Waals surface area contributed by atoms with Gasteiger partial charge in [-0.05, 0) is 36.6 Å². The van der Waals surface area contributed by atoms with Crippen molar-refractivity contribution in [3.8, 4) is 0 Å². The van der Waals surface area contributed by atoms with Crippen LogP contribution in [0.5, 0.6) is 0 Å². The number of aromatic amines is 1. The van der Waals surface area contributed by atoms with Gasteiger partial charge in [-0.15, -0.1) is 0 Å². The molecule has 0 aliphatic heterocycles. The van der Waals surface area contributed by atoms with Crippen LogP contribution >= 0.6 is 0 Å². The van der Waals surface area contributed by atoms with E-state index in [9.17, 15) is 4.79 Å². The largest absolute Gasteiger partial charge is 0.397 e. The second-order valence-electron chi connectivity index (χ2n) is 4.48. The second kappa shape index (κ2) is 6.04. The zero-order valence-corrected chi connectivity index (χ0v) is 11.0. The number of carbonyl (C=O) groups is 1. The fraction of sp³-hybridized carbons (Fsp3) is 0.286. The van der Waals surface area contributed by atoms with E-state index in [-0.39, 0.29) is 5.91 Å². The van der Waals surface area contributed by atoms with Crippen LogP contribution in [0.15, 0.2) is 36.8 Å². The van der Waals surface area contributed by atoms with Crippen LogP contribution in [0.25, 0.3) is 0 Å². The summed E-state index contributed by atoms with van der Waals surface area (Å²) in [7, 11) is 1.73. The lowest BCUT2D eigenvalue weighted by atomic mass is 10.1. The standard InChI is InChI=1S/C14H18N4O/c1-18(13-6-5-12(15)10-17-13)14(19)4-2-3-11-7-8-16-9-11/h5-10,16H,2-4,15H2,1H3. The van der Waals surface area contributed by atoms with Crippen molar-refractivity contribution in [3.05, 3.63) is 42.4 Å². The number of pyridine rings is 1. The SMILES string of the molecule is CN(C(=O)CCCc1cc[nH]c1)c1ccc(N)cn1. The average molecular weight is 258 g/mol. The normalized spacial score (nSPS) is 10.4. The van der Waals surface area contributed by atoms with Gasteiger partial charge in [0.1, 0.15) is 5.82 Å². The molecule has 5 nitrogen and oxygen atoms in total. The van der Waals surface area contributed by atoms with E-state index in [1.807, 2.05) is 18.5 Å². The first-order chi connectivity index (χ1) is 9.16. The van der Waals surface area contributed by atoms with Crippen LogP contribution in [-0.2, 0) is 11.2 Å². The molecule has 0 aliphatic carbocycles. The van der Waals surface area contributed by atoms with Gasteiger partial charge in [-0.1, -0.05) is 0 Å². The summed E-state index contributed by atoms with van der Waals surface area (Å²) >= 11 is 0. The quantitative estimate of drug-likeness (QED) is 0.861. The maximum absolute atomic E-state index is 12.0. The number of amides is 1. The minimum absolute atomic E-state index is 0.0628. The highest BCUT2D eigenvalue weighted by atomic mass is 16.2. The van der Waals surface area contributed by atoms with E-state index in [1.54, 1.807) is 30.3 Å². The number of anilines is 2. The Kier molecular flexibility index (Phi) is 4.18. The molecule has 0 spiro atoms. The van der Waals surface area contributed by atoms with Gasteiger partial charge in [-0.2, -0.15) is 0 Å². The van der Waals surface area contributed by atoms with Crippen molar-refractivity contribution in [2.24, 2.45) is 0 Å².